The number of fused-ring (bicyclic) bond motifs is 1. The molecule has 26 heavy (non-hydrogen) atoms. The van der Waals surface area contributed by atoms with E-state index in [4.69, 9.17) is 20.8 Å². The highest BCUT2D eigenvalue weighted by Crippen LogP contribution is 2.40. The Bertz CT molecular complexity index is 1040. The van der Waals surface area contributed by atoms with Gasteiger partial charge in [-0.25, -0.2) is 0 Å². The third-order valence-corrected chi connectivity index (χ3v) is 4.06. The Kier molecular flexibility index (Phi) is 4.58. The van der Waals surface area contributed by atoms with Gasteiger partial charge in [-0.2, -0.15) is 13.2 Å². The maximum Gasteiger partial charge on any atom is 0.417 e. The molecule has 2 aromatic carbocycles. The predicted octanol–water partition coefficient (Wildman–Crippen LogP) is 5.24. The van der Waals surface area contributed by atoms with E-state index in [1.807, 2.05) is 0 Å². The van der Waals surface area contributed by atoms with Gasteiger partial charge < -0.3 is 14.3 Å². The molecule has 1 N–H and O–H groups in total. The fourth-order valence-electron chi connectivity index (χ4n) is 2.51. The number of hydrogen-bond acceptors (Lipinski definition) is 4. The van der Waals surface area contributed by atoms with Crippen LogP contribution in [0, 0.1) is 0 Å². The van der Waals surface area contributed by atoms with E-state index in [0.717, 1.165) is 18.2 Å². The van der Waals surface area contributed by atoms with Gasteiger partial charge in [0.2, 0.25) is 0 Å². The van der Waals surface area contributed by atoms with Crippen LogP contribution < -0.4 is 10.2 Å². The number of benzene rings is 2. The number of alkyl halides is 3. The molecule has 0 saturated carbocycles. The molecule has 8 heteroatoms. The molecule has 136 valence electrons. The summed E-state index contributed by atoms with van der Waals surface area (Å²) < 4.78 is 49.8. The molecule has 0 aliphatic heterocycles. The first kappa shape index (κ1) is 18.1. The summed E-state index contributed by atoms with van der Waals surface area (Å²) in [5.74, 6) is 0.0418. The normalized spacial score (nSPS) is 11.7. The van der Waals surface area contributed by atoms with Crippen LogP contribution >= 0.6 is 11.6 Å². The minimum atomic E-state index is -4.69. The third kappa shape index (κ3) is 3.22. The number of ether oxygens (including phenoxy) is 1. The number of phenolic OH excluding ortho intramolecular Hbond substituents is 1. The maximum absolute atomic E-state index is 13.0. The molecule has 0 radical (unpaired) electrons. The maximum atomic E-state index is 13.0. The molecule has 0 aliphatic carbocycles. The highest BCUT2D eigenvalue weighted by Gasteiger charge is 2.34. The molecule has 0 fully saturated rings. The molecule has 0 amide bonds. The van der Waals surface area contributed by atoms with Crippen molar-refractivity contribution in [1.82, 2.24) is 0 Å². The monoisotopic (exact) mass is 384 g/mol. The predicted molar refractivity (Wildman–Crippen MR) is 90.8 cm³/mol. The largest absolute Gasteiger partial charge is 0.507 e. The van der Waals surface area contributed by atoms with Gasteiger partial charge in [-0.15, -0.1) is 0 Å². The Morgan fingerprint density at radius 2 is 1.92 bits per heavy atom. The molecule has 1 aromatic heterocycles. The fraction of sp³-hybridized carbons (Fsp3) is 0.167. The Hall–Kier alpha value is -2.67. The van der Waals surface area contributed by atoms with Gasteiger partial charge in [-0.1, -0.05) is 11.6 Å². The molecule has 0 aliphatic rings. The van der Waals surface area contributed by atoms with Gasteiger partial charge in [0, 0.05) is 12.1 Å². The quantitative estimate of drug-likeness (QED) is 0.671. The SMILES string of the molecule is CCOc1ccc(-c2cc(=O)c3ccc(C(F)(F)F)c(Cl)c3o2)c(O)c1. The van der Waals surface area contributed by atoms with Crippen molar-refractivity contribution in [2.45, 2.75) is 13.1 Å². The van der Waals surface area contributed by atoms with E-state index in [2.05, 4.69) is 0 Å². The number of hydrogen-bond donors (Lipinski definition) is 1. The Labute approximate surface area is 150 Å². The number of phenols is 1. The van der Waals surface area contributed by atoms with E-state index >= 15 is 0 Å². The summed E-state index contributed by atoms with van der Waals surface area (Å²) in [4.78, 5) is 12.3. The minimum absolute atomic E-state index is 0.0859. The van der Waals surface area contributed by atoms with Crippen LogP contribution in [0.4, 0.5) is 13.2 Å². The lowest BCUT2D eigenvalue weighted by atomic mass is 10.1. The third-order valence-electron chi connectivity index (χ3n) is 3.69. The van der Waals surface area contributed by atoms with Crippen LogP contribution in [0.25, 0.3) is 22.3 Å². The molecule has 0 saturated heterocycles. The molecular formula is C18H12ClF3O4. The lowest BCUT2D eigenvalue weighted by molar-refractivity contribution is -0.137. The van der Waals surface area contributed by atoms with Crippen molar-refractivity contribution in [3.05, 3.63) is 57.2 Å². The van der Waals surface area contributed by atoms with E-state index in [-0.39, 0.29) is 22.5 Å². The first-order chi connectivity index (χ1) is 12.2. The van der Waals surface area contributed by atoms with Crippen molar-refractivity contribution in [3.8, 4) is 22.8 Å². The van der Waals surface area contributed by atoms with Crippen LogP contribution in [-0.2, 0) is 6.18 Å². The summed E-state index contributed by atoms with van der Waals surface area (Å²) in [7, 11) is 0. The highest BCUT2D eigenvalue weighted by atomic mass is 35.5. The molecule has 3 aromatic rings. The topological polar surface area (TPSA) is 59.7 Å². The van der Waals surface area contributed by atoms with Crippen LogP contribution in [0.2, 0.25) is 5.02 Å². The second-order valence-electron chi connectivity index (χ2n) is 5.39. The highest BCUT2D eigenvalue weighted by molar-refractivity contribution is 6.35. The number of aromatic hydroxyl groups is 1. The molecule has 3 rings (SSSR count). The minimum Gasteiger partial charge on any atom is -0.507 e. The van der Waals surface area contributed by atoms with E-state index in [1.54, 1.807) is 6.92 Å². The zero-order valence-electron chi connectivity index (χ0n) is 13.4. The van der Waals surface area contributed by atoms with Crippen molar-refractivity contribution in [3.63, 3.8) is 0 Å². The summed E-state index contributed by atoms with van der Waals surface area (Å²) in [5.41, 5.74) is -1.95. The van der Waals surface area contributed by atoms with Crippen LogP contribution in [0.15, 0.2) is 45.6 Å². The van der Waals surface area contributed by atoms with Crippen LogP contribution in [0.5, 0.6) is 11.5 Å². The van der Waals surface area contributed by atoms with E-state index in [0.29, 0.717) is 12.4 Å². The van der Waals surface area contributed by atoms with E-state index in [1.165, 1.54) is 18.2 Å². The van der Waals surface area contributed by atoms with E-state index in [9.17, 15) is 23.1 Å². The van der Waals surface area contributed by atoms with Crippen LogP contribution in [0.3, 0.4) is 0 Å². The van der Waals surface area contributed by atoms with Crippen LogP contribution in [0.1, 0.15) is 12.5 Å². The average Bonchev–Trinajstić information content (AvgIpc) is 2.55. The van der Waals surface area contributed by atoms with Gasteiger partial charge in [0.25, 0.3) is 0 Å². The molecule has 0 bridgehead atoms. The molecule has 1 heterocycles. The van der Waals surface area contributed by atoms with Crippen molar-refractivity contribution in [2.24, 2.45) is 0 Å². The summed E-state index contributed by atoms with van der Waals surface area (Å²) in [6.45, 7) is 2.16. The molecule has 4 nitrogen and oxygen atoms in total. The lowest BCUT2D eigenvalue weighted by Gasteiger charge is -2.12. The van der Waals surface area contributed by atoms with Crippen molar-refractivity contribution >= 4 is 22.6 Å². The Balaban J connectivity index is 2.22. The lowest BCUT2D eigenvalue weighted by Crippen LogP contribution is -2.08. The molecular weight excluding hydrogens is 373 g/mol. The second-order valence-corrected chi connectivity index (χ2v) is 5.77. The van der Waals surface area contributed by atoms with Crippen molar-refractivity contribution in [2.75, 3.05) is 6.61 Å². The number of halogens is 4. The van der Waals surface area contributed by atoms with Gasteiger partial charge in [0.05, 0.1) is 28.1 Å². The van der Waals surface area contributed by atoms with Crippen molar-refractivity contribution in [1.29, 1.82) is 0 Å². The van der Waals surface area contributed by atoms with Gasteiger partial charge >= 0.3 is 6.18 Å². The second kappa shape index (κ2) is 6.57. The summed E-state index contributed by atoms with van der Waals surface area (Å²) in [6.07, 6.45) is -4.69. The summed E-state index contributed by atoms with van der Waals surface area (Å²) in [6, 6.07) is 7.12. The first-order valence-corrected chi connectivity index (χ1v) is 7.90. The van der Waals surface area contributed by atoms with Gasteiger partial charge in [-0.3, -0.25) is 4.79 Å². The van der Waals surface area contributed by atoms with E-state index < -0.39 is 27.8 Å². The Morgan fingerprint density at radius 3 is 2.54 bits per heavy atom. The van der Waals surface area contributed by atoms with Gasteiger partial charge in [0.1, 0.15) is 17.3 Å². The fourth-order valence-corrected chi connectivity index (χ4v) is 2.82. The summed E-state index contributed by atoms with van der Waals surface area (Å²) >= 11 is 5.83. The average molecular weight is 385 g/mol. The Morgan fingerprint density at radius 1 is 1.19 bits per heavy atom. The molecule has 0 atom stereocenters. The summed E-state index contributed by atoms with van der Waals surface area (Å²) in [5, 5.41) is 9.34. The number of rotatable bonds is 3. The van der Waals surface area contributed by atoms with Gasteiger partial charge in [0.15, 0.2) is 11.0 Å². The zero-order valence-corrected chi connectivity index (χ0v) is 14.1. The first-order valence-electron chi connectivity index (χ1n) is 7.52. The smallest absolute Gasteiger partial charge is 0.417 e. The zero-order chi connectivity index (χ0) is 19.1. The standard InChI is InChI=1S/C18H12ClF3O4/c1-2-25-9-3-4-10(13(23)7-9)15-8-14(24)11-5-6-12(18(20,21)22)16(19)17(11)26-15/h3-8,23H,2H2,1H3. The molecule has 0 spiro atoms. The van der Waals surface area contributed by atoms with Crippen LogP contribution in [-0.4, -0.2) is 11.7 Å². The van der Waals surface area contributed by atoms with Gasteiger partial charge in [-0.05, 0) is 31.2 Å². The van der Waals surface area contributed by atoms with Crippen molar-refractivity contribution < 1.29 is 27.4 Å². The molecule has 0 unspecified atom stereocenters.